The van der Waals surface area contributed by atoms with Gasteiger partial charge in [0, 0.05) is 0 Å². The number of hydrogen-bond donors (Lipinski definition) is 0. The van der Waals surface area contributed by atoms with E-state index in [0.29, 0.717) is 0 Å². The maximum absolute atomic E-state index is 12.6. The first-order chi connectivity index (χ1) is 5.74. The molecule has 0 heterocycles. The van der Waals surface area contributed by atoms with Crippen molar-refractivity contribution in [1.82, 2.24) is 0 Å². The fourth-order valence-electron chi connectivity index (χ4n) is 0.915. The Bertz CT molecular complexity index is 261. The van der Waals surface area contributed by atoms with Crippen LogP contribution < -0.4 is 0 Å². The molecule has 0 aliphatic heterocycles. The van der Waals surface area contributed by atoms with E-state index in [-0.39, 0.29) is 0 Å². The molecule has 0 atom stereocenters. The summed E-state index contributed by atoms with van der Waals surface area (Å²) in [6.45, 7) is 0. The quantitative estimate of drug-likeness (QED) is 0.702. The first-order valence-electron chi connectivity index (χ1n) is 3.67. The van der Waals surface area contributed by atoms with Gasteiger partial charge in [0.25, 0.3) is 0 Å². The van der Waals surface area contributed by atoms with E-state index in [9.17, 15) is 8.78 Å². The zero-order valence-electron chi connectivity index (χ0n) is 6.81. The van der Waals surface area contributed by atoms with E-state index in [1.807, 2.05) is 6.26 Å². The molecule has 0 amide bonds. The third kappa shape index (κ3) is 2.48. The standard InChI is InChI=1S/C9H10F2S/c1-12-5-4-7-2-3-8(10)9(11)6-7/h2-3,6H,4-5H2,1H3. The molecule has 0 aliphatic carbocycles. The van der Waals surface area contributed by atoms with Crippen molar-refractivity contribution in [2.75, 3.05) is 12.0 Å². The Labute approximate surface area is 75.0 Å². The molecule has 0 fully saturated rings. The van der Waals surface area contributed by atoms with Crippen LogP contribution in [0, 0.1) is 11.6 Å². The molecule has 0 saturated carbocycles. The van der Waals surface area contributed by atoms with Crippen molar-refractivity contribution in [3.63, 3.8) is 0 Å². The van der Waals surface area contributed by atoms with Crippen LogP contribution in [0.2, 0.25) is 0 Å². The highest BCUT2D eigenvalue weighted by atomic mass is 32.2. The van der Waals surface area contributed by atoms with Gasteiger partial charge in [0.2, 0.25) is 0 Å². The zero-order chi connectivity index (χ0) is 8.97. The second kappa shape index (κ2) is 4.45. The van der Waals surface area contributed by atoms with Crippen LogP contribution in [0.1, 0.15) is 5.56 Å². The maximum Gasteiger partial charge on any atom is 0.159 e. The topological polar surface area (TPSA) is 0 Å². The van der Waals surface area contributed by atoms with Gasteiger partial charge in [0.15, 0.2) is 11.6 Å². The minimum Gasteiger partial charge on any atom is -0.204 e. The fraction of sp³-hybridized carbons (Fsp3) is 0.333. The van der Waals surface area contributed by atoms with E-state index < -0.39 is 11.6 Å². The van der Waals surface area contributed by atoms with Gasteiger partial charge in [-0.05, 0) is 36.1 Å². The van der Waals surface area contributed by atoms with Crippen molar-refractivity contribution < 1.29 is 8.78 Å². The second-order valence-corrected chi connectivity index (χ2v) is 3.48. The van der Waals surface area contributed by atoms with Crippen LogP contribution in [0.25, 0.3) is 0 Å². The summed E-state index contributed by atoms with van der Waals surface area (Å²) < 4.78 is 25.1. The summed E-state index contributed by atoms with van der Waals surface area (Å²) in [5.41, 5.74) is 0.850. The average molecular weight is 188 g/mol. The van der Waals surface area contributed by atoms with E-state index in [2.05, 4.69) is 0 Å². The van der Waals surface area contributed by atoms with Crippen molar-refractivity contribution in [2.45, 2.75) is 6.42 Å². The van der Waals surface area contributed by atoms with Crippen LogP contribution in [0.5, 0.6) is 0 Å². The van der Waals surface area contributed by atoms with Gasteiger partial charge < -0.3 is 0 Å². The molecule has 66 valence electrons. The Morgan fingerprint density at radius 1 is 1.25 bits per heavy atom. The second-order valence-electron chi connectivity index (χ2n) is 2.49. The van der Waals surface area contributed by atoms with E-state index in [1.165, 1.54) is 12.1 Å². The first-order valence-corrected chi connectivity index (χ1v) is 5.06. The predicted octanol–water partition coefficient (Wildman–Crippen LogP) is 2.87. The van der Waals surface area contributed by atoms with Crippen molar-refractivity contribution in [3.05, 3.63) is 35.4 Å². The molecule has 0 N–H and O–H groups in total. The summed E-state index contributed by atoms with van der Waals surface area (Å²) in [5.74, 6) is -0.595. The van der Waals surface area contributed by atoms with E-state index in [4.69, 9.17) is 0 Å². The molecule has 0 radical (unpaired) electrons. The number of rotatable bonds is 3. The highest BCUT2D eigenvalue weighted by molar-refractivity contribution is 7.98. The van der Waals surface area contributed by atoms with Gasteiger partial charge in [-0.25, -0.2) is 8.78 Å². The minimum absolute atomic E-state index is 0.756. The molecule has 0 aliphatic rings. The highest BCUT2D eigenvalue weighted by Crippen LogP contribution is 2.10. The Morgan fingerprint density at radius 2 is 2.00 bits per heavy atom. The SMILES string of the molecule is CSCCc1ccc(F)c(F)c1. The average Bonchev–Trinajstić information content (AvgIpc) is 2.07. The number of thioether (sulfide) groups is 1. The number of halogens is 2. The van der Waals surface area contributed by atoms with E-state index >= 15 is 0 Å². The minimum atomic E-state index is -0.775. The maximum atomic E-state index is 12.6. The molecular weight excluding hydrogens is 178 g/mol. The molecule has 12 heavy (non-hydrogen) atoms. The van der Waals surface area contributed by atoms with Crippen molar-refractivity contribution in [3.8, 4) is 0 Å². The summed E-state index contributed by atoms with van der Waals surface area (Å²) in [6.07, 6.45) is 2.78. The van der Waals surface area contributed by atoms with Crippen molar-refractivity contribution in [1.29, 1.82) is 0 Å². The monoisotopic (exact) mass is 188 g/mol. The molecule has 1 aromatic carbocycles. The molecule has 0 aromatic heterocycles. The largest absolute Gasteiger partial charge is 0.204 e. The van der Waals surface area contributed by atoms with Crippen LogP contribution in [0.4, 0.5) is 8.78 Å². The van der Waals surface area contributed by atoms with Crippen LogP contribution in [0.15, 0.2) is 18.2 Å². The molecule has 3 heteroatoms. The summed E-state index contributed by atoms with van der Waals surface area (Å²) in [7, 11) is 0. The number of aryl methyl sites for hydroxylation is 1. The van der Waals surface area contributed by atoms with Crippen LogP contribution in [0.3, 0.4) is 0 Å². The van der Waals surface area contributed by atoms with Crippen LogP contribution >= 0.6 is 11.8 Å². The smallest absolute Gasteiger partial charge is 0.159 e. The van der Waals surface area contributed by atoms with Crippen molar-refractivity contribution in [2.24, 2.45) is 0 Å². The molecule has 0 bridgehead atoms. The van der Waals surface area contributed by atoms with E-state index in [0.717, 1.165) is 17.7 Å². The zero-order valence-corrected chi connectivity index (χ0v) is 7.63. The number of benzene rings is 1. The highest BCUT2D eigenvalue weighted by Gasteiger charge is 2.01. The van der Waals surface area contributed by atoms with Crippen LogP contribution in [-0.2, 0) is 6.42 Å². The molecule has 0 spiro atoms. The lowest BCUT2D eigenvalue weighted by atomic mass is 10.2. The Morgan fingerprint density at radius 3 is 2.58 bits per heavy atom. The summed E-state index contributed by atoms with van der Waals surface area (Å²) >= 11 is 1.69. The Hall–Kier alpha value is -0.570. The Kier molecular flexibility index (Phi) is 3.53. The first kappa shape index (κ1) is 9.52. The molecule has 0 nitrogen and oxygen atoms in total. The molecule has 1 rings (SSSR count). The molecular formula is C9H10F2S. The van der Waals surface area contributed by atoms with Gasteiger partial charge in [0.1, 0.15) is 0 Å². The van der Waals surface area contributed by atoms with Gasteiger partial charge in [-0.1, -0.05) is 6.07 Å². The van der Waals surface area contributed by atoms with Crippen molar-refractivity contribution >= 4 is 11.8 Å². The third-order valence-corrected chi connectivity index (χ3v) is 2.19. The van der Waals surface area contributed by atoms with Gasteiger partial charge in [-0.15, -0.1) is 0 Å². The summed E-state index contributed by atoms with van der Waals surface area (Å²) in [6, 6.07) is 4.05. The normalized spacial score (nSPS) is 10.2. The summed E-state index contributed by atoms with van der Waals surface area (Å²) in [4.78, 5) is 0. The van der Waals surface area contributed by atoms with Gasteiger partial charge >= 0.3 is 0 Å². The lowest BCUT2D eigenvalue weighted by Crippen LogP contribution is -1.91. The molecule has 0 saturated heterocycles. The fourth-order valence-corrected chi connectivity index (χ4v) is 1.35. The molecule has 1 aromatic rings. The lowest BCUT2D eigenvalue weighted by molar-refractivity contribution is 0.507. The van der Waals surface area contributed by atoms with Gasteiger partial charge in [0.05, 0.1) is 0 Å². The van der Waals surface area contributed by atoms with E-state index in [1.54, 1.807) is 17.8 Å². The number of hydrogen-bond acceptors (Lipinski definition) is 1. The predicted molar refractivity (Wildman–Crippen MR) is 48.4 cm³/mol. The Balaban J connectivity index is 2.69. The summed E-state index contributed by atoms with van der Waals surface area (Å²) in [5, 5.41) is 0. The van der Waals surface area contributed by atoms with Gasteiger partial charge in [-0.3, -0.25) is 0 Å². The van der Waals surface area contributed by atoms with Gasteiger partial charge in [-0.2, -0.15) is 11.8 Å². The third-order valence-electron chi connectivity index (χ3n) is 1.58. The lowest BCUT2D eigenvalue weighted by Gasteiger charge is -1.99. The van der Waals surface area contributed by atoms with Crippen LogP contribution in [-0.4, -0.2) is 12.0 Å². The molecule has 0 unspecified atom stereocenters.